The van der Waals surface area contributed by atoms with E-state index in [-0.39, 0.29) is 6.54 Å². The van der Waals surface area contributed by atoms with E-state index in [9.17, 15) is 22.8 Å². The molecule has 1 N–H and O–H groups in total. The van der Waals surface area contributed by atoms with E-state index < -0.39 is 41.0 Å². The topological polar surface area (TPSA) is 49.4 Å². The summed E-state index contributed by atoms with van der Waals surface area (Å²) in [7, 11) is 0. The first-order valence-electron chi connectivity index (χ1n) is 5.16. The van der Waals surface area contributed by atoms with Crippen LogP contribution < -0.4 is 10.2 Å². The molecule has 1 fully saturated rings. The predicted octanol–water partition coefficient (Wildman–Crippen LogP) is 0.955. The van der Waals surface area contributed by atoms with Gasteiger partial charge in [0, 0.05) is 12.1 Å². The highest BCUT2D eigenvalue weighted by atomic mass is 19.2. The van der Waals surface area contributed by atoms with Crippen LogP contribution in [0.4, 0.5) is 18.9 Å². The average molecular weight is 258 g/mol. The van der Waals surface area contributed by atoms with Gasteiger partial charge in [0.25, 0.3) is 0 Å². The van der Waals surface area contributed by atoms with Crippen molar-refractivity contribution in [3.63, 3.8) is 0 Å². The number of hydrogen-bond donors (Lipinski definition) is 1. The summed E-state index contributed by atoms with van der Waals surface area (Å²) in [6.45, 7) is 1.01. The van der Waals surface area contributed by atoms with Gasteiger partial charge in [0.2, 0.25) is 11.8 Å². The van der Waals surface area contributed by atoms with Crippen LogP contribution in [0, 0.1) is 17.5 Å². The molecule has 96 valence electrons. The SMILES string of the molecule is CC1C(=O)NCC(=O)N1c1cc(F)cc(F)c1F. The van der Waals surface area contributed by atoms with Crippen LogP contribution in [0.2, 0.25) is 0 Å². The van der Waals surface area contributed by atoms with Crippen LogP contribution in [0.5, 0.6) is 0 Å². The number of anilines is 1. The molecule has 1 unspecified atom stereocenters. The third kappa shape index (κ3) is 1.92. The standard InChI is InChI=1S/C11H9F3N2O2/c1-5-11(18)15-4-9(17)16(5)8-3-6(12)2-7(13)10(8)14/h2-3,5H,4H2,1H3,(H,15,18). The van der Waals surface area contributed by atoms with Crippen molar-refractivity contribution in [2.75, 3.05) is 11.4 Å². The Kier molecular flexibility index (Phi) is 2.98. The molecule has 1 saturated heterocycles. The third-order valence-electron chi connectivity index (χ3n) is 2.68. The number of halogens is 3. The summed E-state index contributed by atoms with van der Waals surface area (Å²) in [5.41, 5.74) is -0.570. The van der Waals surface area contributed by atoms with E-state index in [1.807, 2.05) is 0 Å². The lowest BCUT2D eigenvalue weighted by molar-refractivity contribution is -0.130. The van der Waals surface area contributed by atoms with E-state index >= 15 is 0 Å². The van der Waals surface area contributed by atoms with Crippen LogP contribution in [-0.4, -0.2) is 24.4 Å². The number of piperazine rings is 1. The second kappa shape index (κ2) is 4.32. The number of amides is 2. The molecule has 1 heterocycles. The van der Waals surface area contributed by atoms with Gasteiger partial charge in [-0.3, -0.25) is 14.5 Å². The molecule has 0 aliphatic carbocycles. The molecule has 2 amide bonds. The Bertz CT molecular complexity index is 533. The first kappa shape index (κ1) is 12.4. The Labute approximate surface area is 100 Å². The summed E-state index contributed by atoms with van der Waals surface area (Å²) in [4.78, 5) is 23.8. The molecule has 1 aromatic carbocycles. The summed E-state index contributed by atoms with van der Waals surface area (Å²) in [5.74, 6) is -4.93. The predicted molar refractivity (Wildman–Crippen MR) is 56.3 cm³/mol. The van der Waals surface area contributed by atoms with Gasteiger partial charge < -0.3 is 5.32 Å². The molecule has 1 aliphatic heterocycles. The minimum atomic E-state index is -1.41. The lowest BCUT2D eigenvalue weighted by Gasteiger charge is -2.32. The van der Waals surface area contributed by atoms with Crippen LogP contribution in [0.25, 0.3) is 0 Å². The van der Waals surface area contributed by atoms with E-state index in [0.717, 1.165) is 4.90 Å². The first-order chi connectivity index (χ1) is 8.41. The van der Waals surface area contributed by atoms with Crippen molar-refractivity contribution < 1.29 is 22.8 Å². The number of nitrogens with one attached hydrogen (secondary N) is 1. The van der Waals surface area contributed by atoms with E-state index in [1.165, 1.54) is 6.92 Å². The van der Waals surface area contributed by atoms with Crippen molar-refractivity contribution in [2.24, 2.45) is 0 Å². The molecule has 18 heavy (non-hydrogen) atoms. The molecule has 1 aliphatic rings. The van der Waals surface area contributed by atoms with Gasteiger partial charge in [-0.2, -0.15) is 0 Å². The van der Waals surface area contributed by atoms with E-state index in [0.29, 0.717) is 12.1 Å². The quantitative estimate of drug-likeness (QED) is 0.763. The van der Waals surface area contributed by atoms with Crippen molar-refractivity contribution in [3.05, 3.63) is 29.6 Å². The molecule has 1 atom stereocenters. The molecule has 0 saturated carbocycles. The van der Waals surface area contributed by atoms with E-state index in [2.05, 4.69) is 5.32 Å². The molecule has 4 nitrogen and oxygen atoms in total. The summed E-state index contributed by atoms with van der Waals surface area (Å²) < 4.78 is 39.7. The van der Waals surface area contributed by atoms with Crippen LogP contribution in [0.1, 0.15) is 6.92 Å². The van der Waals surface area contributed by atoms with Crippen LogP contribution in [-0.2, 0) is 9.59 Å². The third-order valence-corrected chi connectivity index (χ3v) is 2.68. The average Bonchev–Trinajstić information content (AvgIpc) is 2.30. The Balaban J connectivity index is 2.52. The number of hydrogen-bond acceptors (Lipinski definition) is 2. The highest BCUT2D eigenvalue weighted by Crippen LogP contribution is 2.26. The molecule has 1 aromatic rings. The number of nitrogens with zero attached hydrogens (tertiary/aromatic N) is 1. The number of rotatable bonds is 1. The summed E-state index contributed by atoms with van der Waals surface area (Å²) in [6, 6.07) is 0.0330. The van der Waals surface area contributed by atoms with Gasteiger partial charge in [0.15, 0.2) is 11.6 Å². The van der Waals surface area contributed by atoms with Crippen molar-refractivity contribution in [2.45, 2.75) is 13.0 Å². The number of carbonyl (C=O) groups is 2. The van der Waals surface area contributed by atoms with Crippen LogP contribution >= 0.6 is 0 Å². The molecular formula is C11H9F3N2O2. The molecule has 0 bridgehead atoms. The maximum atomic E-state index is 13.6. The van der Waals surface area contributed by atoms with E-state index in [4.69, 9.17) is 0 Å². The monoisotopic (exact) mass is 258 g/mol. The van der Waals surface area contributed by atoms with Gasteiger partial charge in [-0.1, -0.05) is 0 Å². The lowest BCUT2D eigenvalue weighted by atomic mass is 10.1. The van der Waals surface area contributed by atoms with Crippen LogP contribution in [0.15, 0.2) is 12.1 Å². The zero-order valence-electron chi connectivity index (χ0n) is 9.34. The molecule has 0 spiro atoms. The normalized spacial score (nSPS) is 20.0. The maximum Gasteiger partial charge on any atom is 0.247 e. The minimum Gasteiger partial charge on any atom is -0.345 e. The van der Waals surface area contributed by atoms with Gasteiger partial charge in [-0.05, 0) is 6.92 Å². The molecule has 2 rings (SSSR count). The van der Waals surface area contributed by atoms with Crippen molar-refractivity contribution in [1.82, 2.24) is 5.32 Å². The fraction of sp³-hybridized carbons (Fsp3) is 0.273. The molecule has 0 radical (unpaired) electrons. The second-order valence-electron chi connectivity index (χ2n) is 3.88. The molecular weight excluding hydrogens is 249 g/mol. The van der Waals surface area contributed by atoms with Gasteiger partial charge in [0.1, 0.15) is 11.9 Å². The summed E-state index contributed by atoms with van der Waals surface area (Å²) >= 11 is 0. The largest absolute Gasteiger partial charge is 0.345 e. The second-order valence-corrected chi connectivity index (χ2v) is 3.88. The van der Waals surface area contributed by atoms with Crippen molar-refractivity contribution in [1.29, 1.82) is 0 Å². The molecule has 0 aromatic heterocycles. The number of carbonyl (C=O) groups excluding carboxylic acids is 2. The zero-order valence-corrected chi connectivity index (χ0v) is 9.34. The maximum absolute atomic E-state index is 13.6. The van der Waals surface area contributed by atoms with Crippen molar-refractivity contribution in [3.8, 4) is 0 Å². The highest BCUT2D eigenvalue weighted by Gasteiger charge is 2.34. The first-order valence-corrected chi connectivity index (χ1v) is 5.16. The molecule has 7 heteroatoms. The summed E-state index contributed by atoms with van der Waals surface area (Å²) in [5, 5.41) is 2.29. The Hall–Kier alpha value is -2.05. The zero-order chi connectivity index (χ0) is 13.4. The van der Waals surface area contributed by atoms with Crippen LogP contribution in [0.3, 0.4) is 0 Å². The fourth-order valence-electron chi connectivity index (χ4n) is 1.79. The smallest absolute Gasteiger partial charge is 0.247 e. The van der Waals surface area contributed by atoms with Gasteiger partial charge >= 0.3 is 0 Å². The minimum absolute atomic E-state index is 0.333. The lowest BCUT2D eigenvalue weighted by Crippen LogP contribution is -2.57. The Morgan fingerprint density at radius 1 is 1.28 bits per heavy atom. The summed E-state index contributed by atoms with van der Waals surface area (Å²) in [6.07, 6.45) is 0. The van der Waals surface area contributed by atoms with Gasteiger partial charge in [-0.25, -0.2) is 13.2 Å². The fourth-order valence-corrected chi connectivity index (χ4v) is 1.79. The number of benzene rings is 1. The van der Waals surface area contributed by atoms with Crippen molar-refractivity contribution >= 4 is 17.5 Å². The van der Waals surface area contributed by atoms with Gasteiger partial charge in [-0.15, -0.1) is 0 Å². The Morgan fingerprint density at radius 2 is 1.94 bits per heavy atom. The Morgan fingerprint density at radius 3 is 2.61 bits per heavy atom. The highest BCUT2D eigenvalue weighted by molar-refractivity contribution is 6.06. The van der Waals surface area contributed by atoms with E-state index in [1.54, 1.807) is 0 Å². The van der Waals surface area contributed by atoms with Gasteiger partial charge in [0.05, 0.1) is 12.2 Å².